The molecule has 2 fully saturated rings. The maximum absolute atomic E-state index is 13.7. The Morgan fingerprint density at radius 1 is 1.22 bits per heavy atom. The second-order valence-corrected chi connectivity index (χ2v) is 7.15. The summed E-state index contributed by atoms with van der Waals surface area (Å²) in [5.74, 6) is -0.341. The molecule has 1 saturated carbocycles. The highest BCUT2D eigenvalue weighted by Gasteiger charge is 2.35. The van der Waals surface area contributed by atoms with Gasteiger partial charge in [0.15, 0.2) is 0 Å². The molecule has 8 heteroatoms. The van der Waals surface area contributed by atoms with E-state index in [0.717, 1.165) is 50.8 Å². The Hall–Kier alpha value is -0.920. The Morgan fingerprint density at radius 2 is 1.89 bits per heavy atom. The number of halogens is 3. The van der Waals surface area contributed by atoms with E-state index in [-0.39, 0.29) is 42.6 Å². The van der Waals surface area contributed by atoms with E-state index in [0.29, 0.717) is 19.8 Å². The van der Waals surface area contributed by atoms with Gasteiger partial charge in [-0.3, -0.25) is 9.69 Å². The van der Waals surface area contributed by atoms with Crippen molar-refractivity contribution < 1.29 is 13.9 Å². The first kappa shape index (κ1) is 24.1. The van der Waals surface area contributed by atoms with Gasteiger partial charge in [0.1, 0.15) is 5.82 Å². The minimum absolute atomic E-state index is 0. The van der Waals surface area contributed by atoms with Crippen LogP contribution in [0, 0.1) is 5.82 Å². The van der Waals surface area contributed by atoms with Crippen LogP contribution in [0.25, 0.3) is 0 Å². The van der Waals surface area contributed by atoms with E-state index in [1.807, 2.05) is 6.07 Å². The molecule has 5 nitrogen and oxygen atoms in total. The summed E-state index contributed by atoms with van der Waals surface area (Å²) in [6.45, 7) is 3.28. The first-order chi connectivity index (χ1) is 12.1. The topological polar surface area (TPSA) is 67.6 Å². The fourth-order valence-electron chi connectivity index (χ4n) is 3.84. The van der Waals surface area contributed by atoms with Crippen molar-refractivity contribution in [3.8, 4) is 0 Å². The molecule has 1 amide bonds. The smallest absolute Gasteiger partial charge is 0.240 e. The van der Waals surface area contributed by atoms with Gasteiger partial charge in [-0.25, -0.2) is 4.39 Å². The summed E-state index contributed by atoms with van der Waals surface area (Å²) in [4.78, 5) is 14.9. The number of hydrogen-bond donors (Lipinski definition) is 2. The molecule has 1 aliphatic heterocycles. The lowest BCUT2D eigenvalue weighted by Crippen LogP contribution is -2.56. The molecule has 0 radical (unpaired) electrons. The summed E-state index contributed by atoms with van der Waals surface area (Å²) in [6, 6.07) is 6.54. The predicted octanol–water partition coefficient (Wildman–Crippen LogP) is 2.82. The van der Waals surface area contributed by atoms with Gasteiger partial charge in [-0.05, 0) is 30.5 Å². The summed E-state index contributed by atoms with van der Waals surface area (Å²) >= 11 is 0. The lowest BCUT2D eigenvalue weighted by atomic mass is 9.82. The molecule has 154 valence electrons. The third-order valence-corrected chi connectivity index (χ3v) is 5.37. The summed E-state index contributed by atoms with van der Waals surface area (Å²) in [5.41, 5.74) is 6.44. The zero-order valence-corrected chi connectivity index (χ0v) is 17.1. The Morgan fingerprint density at radius 3 is 2.52 bits per heavy atom. The molecule has 1 atom stereocenters. The van der Waals surface area contributed by atoms with Gasteiger partial charge in [-0.2, -0.15) is 0 Å². The van der Waals surface area contributed by atoms with Crippen molar-refractivity contribution in [3.63, 3.8) is 0 Å². The SMILES string of the molecule is Cl.Cl.NC1(C(=O)NCC(c2cccc(F)c2)N2CCOCC2)CCCCC1. The number of morpholine rings is 1. The van der Waals surface area contributed by atoms with Crippen LogP contribution in [-0.2, 0) is 9.53 Å². The van der Waals surface area contributed by atoms with Crippen molar-refractivity contribution in [2.45, 2.75) is 43.7 Å². The third kappa shape index (κ3) is 6.29. The van der Waals surface area contributed by atoms with E-state index in [1.165, 1.54) is 6.07 Å². The van der Waals surface area contributed by atoms with Gasteiger partial charge >= 0.3 is 0 Å². The van der Waals surface area contributed by atoms with E-state index in [9.17, 15) is 9.18 Å². The zero-order chi connectivity index (χ0) is 17.7. The highest BCUT2D eigenvalue weighted by atomic mass is 35.5. The lowest BCUT2D eigenvalue weighted by molar-refractivity contribution is -0.127. The molecule has 1 aromatic rings. The summed E-state index contributed by atoms with van der Waals surface area (Å²) in [6.07, 6.45) is 4.62. The van der Waals surface area contributed by atoms with Crippen LogP contribution >= 0.6 is 24.8 Å². The molecule has 27 heavy (non-hydrogen) atoms. The number of rotatable bonds is 5. The third-order valence-electron chi connectivity index (χ3n) is 5.37. The number of amides is 1. The highest BCUT2D eigenvalue weighted by molar-refractivity contribution is 5.86. The largest absolute Gasteiger partial charge is 0.379 e. The average molecular weight is 422 g/mol. The molecule has 1 aromatic carbocycles. The van der Waals surface area contributed by atoms with Gasteiger partial charge in [-0.15, -0.1) is 24.8 Å². The predicted molar refractivity (Wildman–Crippen MR) is 109 cm³/mol. The van der Waals surface area contributed by atoms with Crippen molar-refractivity contribution in [1.29, 1.82) is 0 Å². The van der Waals surface area contributed by atoms with Crippen LogP contribution in [0.5, 0.6) is 0 Å². The molecule has 3 N–H and O–H groups in total. The second-order valence-electron chi connectivity index (χ2n) is 7.15. The zero-order valence-electron chi connectivity index (χ0n) is 15.5. The van der Waals surface area contributed by atoms with Crippen LogP contribution in [0.2, 0.25) is 0 Å². The summed E-state index contributed by atoms with van der Waals surface area (Å²) in [7, 11) is 0. The number of nitrogens with one attached hydrogen (secondary N) is 1. The van der Waals surface area contributed by atoms with Gasteiger partial charge in [0.05, 0.1) is 24.8 Å². The first-order valence-electron chi connectivity index (χ1n) is 9.23. The Bertz CT molecular complexity index is 594. The fourth-order valence-corrected chi connectivity index (χ4v) is 3.84. The van der Waals surface area contributed by atoms with Crippen LogP contribution in [0.1, 0.15) is 43.7 Å². The van der Waals surface area contributed by atoms with Crippen LogP contribution in [0.15, 0.2) is 24.3 Å². The van der Waals surface area contributed by atoms with E-state index < -0.39 is 5.54 Å². The Labute approximate surface area is 173 Å². The number of ether oxygens (including phenoxy) is 1. The van der Waals surface area contributed by atoms with E-state index >= 15 is 0 Å². The molecule has 1 unspecified atom stereocenters. The number of nitrogens with two attached hydrogens (primary N) is 1. The number of hydrogen-bond acceptors (Lipinski definition) is 4. The monoisotopic (exact) mass is 421 g/mol. The first-order valence-corrected chi connectivity index (χ1v) is 9.23. The van der Waals surface area contributed by atoms with Crippen LogP contribution < -0.4 is 11.1 Å². The number of nitrogens with zero attached hydrogens (tertiary/aromatic N) is 1. The van der Waals surface area contributed by atoms with Gasteiger partial charge in [-0.1, -0.05) is 31.4 Å². The van der Waals surface area contributed by atoms with E-state index in [1.54, 1.807) is 12.1 Å². The maximum atomic E-state index is 13.7. The van der Waals surface area contributed by atoms with Crippen molar-refractivity contribution in [2.75, 3.05) is 32.8 Å². The molecule has 0 aromatic heterocycles. The minimum atomic E-state index is -0.754. The second kappa shape index (κ2) is 11.2. The summed E-state index contributed by atoms with van der Waals surface area (Å²) < 4.78 is 19.1. The molecule has 0 spiro atoms. The number of benzene rings is 1. The average Bonchev–Trinajstić information content (AvgIpc) is 2.63. The Balaban J connectivity index is 0.00000182. The Kier molecular flexibility index (Phi) is 9.98. The van der Waals surface area contributed by atoms with E-state index in [4.69, 9.17) is 10.5 Å². The fraction of sp³-hybridized carbons (Fsp3) is 0.632. The maximum Gasteiger partial charge on any atom is 0.240 e. The van der Waals surface area contributed by atoms with Gasteiger partial charge in [0.25, 0.3) is 0 Å². The van der Waals surface area contributed by atoms with Gasteiger partial charge in [0, 0.05) is 19.6 Å². The molecule has 0 bridgehead atoms. The molecule has 1 aliphatic carbocycles. The van der Waals surface area contributed by atoms with Crippen molar-refractivity contribution in [1.82, 2.24) is 10.2 Å². The standard InChI is InChI=1S/C19H28FN3O2.2ClH/c20-16-6-4-5-15(13-16)17(23-9-11-25-12-10-23)14-22-18(24)19(21)7-2-1-3-8-19;;/h4-6,13,17H,1-3,7-12,14,21H2,(H,22,24);2*1H. The molecule has 1 heterocycles. The molecular formula is C19H30Cl2FN3O2. The van der Waals surface area contributed by atoms with Crippen LogP contribution in [0.3, 0.4) is 0 Å². The number of carbonyl (C=O) groups excluding carboxylic acids is 1. The molecule has 2 aliphatic rings. The molecule has 3 rings (SSSR count). The van der Waals surface area contributed by atoms with Gasteiger partial charge < -0.3 is 15.8 Å². The summed E-state index contributed by atoms with van der Waals surface area (Å²) in [5, 5.41) is 3.04. The minimum Gasteiger partial charge on any atom is -0.379 e. The molecule has 1 saturated heterocycles. The molecular weight excluding hydrogens is 392 g/mol. The van der Waals surface area contributed by atoms with Crippen LogP contribution in [0.4, 0.5) is 4.39 Å². The van der Waals surface area contributed by atoms with Crippen molar-refractivity contribution in [3.05, 3.63) is 35.6 Å². The quantitative estimate of drug-likeness (QED) is 0.766. The van der Waals surface area contributed by atoms with Gasteiger partial charge in [0.2, 0.25) is 5.91 Å². The van der Waals surface area contributed by atoms with Crippen molar-refractivity contribution >= 4 is 30.7 Å². The van der Waals surface area contributed by atoms with Crippen LogP contribution in [-0.4, -0.2) is 49.2 Å². The van der Waals surface area contributed by atoms with Crippen molar-refractivity contribution in [2.24, 2.45) is 5.73 Å². The highest BCUT2D eigenvalue weighted by Crippen LogP contribution is 2.27. The van der Waals surface area contributed by atoms with E-state index in [2.05, 4.69) is 10.2 Å². The number of carbonyl (C=O) groups is 1. The normalized spacial score (nSPS) is 20.7. The lowest BCUT2D eigenvalue weighted by Gasteiger charge is -2.36.